The predicted octanol–water partition coefficient (Wildman–Crippen LogP) is 3.93. The Morgan fingerprint density at radius 2 is 1.91 bits per heavy atom. The van der Waals surface area contributed by atoms with Crippen LogP contribution in [0.3, 0.4) is 0 Å². The van der Waals surface area contributed by atoms with Crippen molar-refractivity contribution >= 4 is 37.6 Å². The quantitative estimate of drug-likeness (QED) is 0.720. The molecule has 1 N–H and O–H groups in total. The third-order valence-corrected chi connectivity index (χ3v) is 6.17. The third kappa shape index (κ3) is 4.19. The lowest BCUT2D eigenvalue weighted by Gasteiger charge is -2.01. The van der Waals surface area contributed by atoms with Crippen molar-refractivity contribution in [2.75, 3.05) is 18.1 Å². The first kappa shape index (κ1) is 16.2. The van der Waals surface area contributed by atoms with Gasteiger partial charge < -0.3 is 5.32 Å². The molecule has 0 saturated carbocycles. The monoisotopic (exact) mass is 364 g/mol. The first-order chi connectivity index (χ1) is 11.0. The summed E-state index contributed by atoms with van der Waals surface area (Å²) >= 11 is 3.31. The molecule has 0 atom stereocenters. The third-order valence-electron chi connectivity index (χ3n) is 3.31. The van der Waals surface area contributed by atoms with E-state index in [2.05, 4.69) is 27.8 Å². The minimum atomic E-state index is -3.16. The summed E-state index contributed by atoms with van der Waals surface area (Å²) < 4.78 is 23.0. The molecule has 3 aromatic rings. The Labute approximate surface area is 143 Å². The van der Waals surface area contributed by atoms with Crippen LogP contribution in [0.15, 0.2) is 52.1 Å². The summed E-state index contributed by atoms with van der Waals surface area (Å²) in [5.74, 6) is 0. The normalized spacial score (nSPS) is 11.5. The van der Waals surface area contributed by atoms with Gasteiger partial charge in [-0.25, -0.2) is 13.4 Å². The van der Waals surface area contributed by atoms with Gasteiger partial charge in [-0.2, -0.15) is 0 Å². The minimum absolute atomic E-state index is 0.325. The summed E-state index contributed by atoms with van der Waals surface area (Å²) in [6.45, 7) is 0.848. The van der Waals surface area contributed by atoms with Crippen LogP contribution in [-0.4, -0.2) is 26.2 Å². The molecule has 120 valence electrons. The lowest BCUT2D eigenvalue weighted by atomic mass is 10.2. The van der Waals surface area contributed by atoms with Gasteiger partial charge in [0.2, 0.25) is 0 Å². The number of thiazole rings is 1. The largest absolute Gasteiger partial charge is 0.361 e. The summed E-state index contributed by atoms with van der Waals surface area (Å²) in [7, 11) is -3.16. The van der Waals surface area contributed by atoms with Crippen LogP contribution in [0.25, 0.3) is 11.3 Å². The number of anilines is 1. The summed E-state index contributed by atoms with van der Waals surface area (Å²) in [5.41, 5.74) is 1.77. The molecule has 0 aliphatic heterocycles. The van der Waals surface area contributed by atoms with Gasteiger partial charge in [-0.1, -0.05) is 18.2 Å². The molecule has 4 nitrogen and oxygen atoms in total. The zero-order valence-electron chi connectivity index (χ0n) is 12.5. The van der Waals surface area contributed by atoms with Crippen LogP contribution in [-0.2, 0) is 16.3 Å². The van der Waals surface area contributed by atoms with Gasteiger partial charge >= 0.3 is 0 Å². The maximum absolute atomic E-state index is 11.5. The molecule has 1 aromatic carbocycles. The molecule has 0 saturated heterocycles. The molecule has 0 radical (unpaired) electrons. The van der Waals surface area contributed by atoms with Crippen molar-refractivity contribution in [3.63, 3.8) is 0 Å². The van der Waals surface area contributed by atoms with Crippen molar-refractivity contribution in [1.82, 2.24) is 4.98 Å². The first-order valence-corrected chi connectivity index (χ1v) is 10.7. The Kier molecular flexibility index (Phi) is 4.79. The molecule has 0 aliphatic rings. The maximum atomic E-state index is 11.5. The predicted molar refractivity (Wildman–Crippen MR) is 97.2 cm³/mol. The van der Waals surface area contributed by atoms with Crippen molar-refractivity contribution in [3.05, 3.63) is 52.0 Å². The van der Waals surface area contributed by atoms with Crippen molar-refractivity contribution in [2.24, 2.45) is 0 Å². The lowest BCUT2D eigenvalue weighted by Crippen LogP contribution is -2.03. The zero-order valence-corrected chi connectivity index (χ0v) is 15.0. The van der Waals surface area contributed by atoms with E-state index in [1.165, 1.54) is 11.1 Å². The number of benzene rings is 1. The van der Waals surface area contributed by atoms with Gasteiger partial charge in [0.25, 0.3) is 0 Å². The molecule has 3 rings (SSSR count). The van der Waals surface area contributed by atoms with E-state index in [9.17, 15) is 8.42 Å². The summed E-state index contributed by atoms with van der Waals surface area (Å²) in [4.78, 5) is 6.23. The van der Waals surface area contributed by atoms with E-state index in [1.807, 2.05) is 5.38 Å². The van der Waals surface area contributed by atoms with Crippen molar-refractivity contribution in [2.45, 2.75) is 11.3 Å². The summed E-state index contributed by atoms with van der Waals surface area (Å²) in [5, 5.41) is 8.26. The fourth-order valence-corrected chi connectivity index (χ4v) is 4.20. The van der Waals surface area contributed by atoms with Crippen LogP contribution < -0.4 is 5.32 Å². The Bertz CT molecular complexity index is 866. The smallest absolute Gasteiger partial charge is 0.183 e. The highest BCUT2D eigenvalue weighted by Crippen LogP contribution is 2.26. The van der Waals surface area contributed by atoms with Gasteiger partial charge in [-0.15, -0.1) is 22.7 Å². The topological polar surface area (TPSA) is 59.1 Å². The molecule has 0 fully saturated rings. The maximum Gasteiger partial charge on any atom is 0.183 e. The number of thiophene rings is 1. The van der Waals surface area contributed by atoms with E-state index in [0.717, 1.165) is 29.4 Å². The Balaban J connectivity index is 1.64. The van der Waals surface area contributed by atoms with Gasteiger partial charge in [-0.3, -0.25) is 0 Å². The van der Waals surface area contributed by atoms with Crippen molar-refractivity contribution in [3.8, 4) is 11.3 Å². The summed E-state index contributed by atoms with van der Waals surface area (Å²) in [6.07, 6.45) is 2.19. The molecule has 2 aromatic heterocycles. The van der Waals surface area contributed by atoms with Crippen molar-refractivity contribution < 1.29 is 8.42 Å². The fourth-order valence-electron chi connectivity index (χ4n) is 2.11. The highest BCUT2D eigenvalue weighted by molar-refractivity contribution is 7.90. The van der Waals surface area contributed by atoms with E-state index >= 15 is 0 Å². The van der Waals surface area contributed by atoms with E-state index < -0.39 is 9.84 Å². The van der Waals surface area contributed by atoms with Gasteiger partial charge in [0, 0.05) is 28.6 Å². The highest BCUT2D eigenvalue weighted by Gasteiger charge is 2.09. The molecule has 0 unspecified atom stereocenters. The summed E-state index contributed by atoms with van der Waals surface area (Å²) in [6, 6.07) is 11.0. The second-order valence-corrected chi connectivity index (χ2v) is 9.00. The van der Waals surface area contributed by atoms with Crippen LogP contribution in [0.4, 0.5) is 5.13 Å². The first-order valence-electron chi connectivity index (χ1n) is 7.05. The molecule has 23 heavy (non-hydrogen) atoms. The number of hydrogen-bond acceptors (Lipinski definition) is 6. The molecular formula is C16H16N2O2S3. The van der Waals surface area contributed by atoms with E-state index in [-0.39, 0.29) is 0 Å². The molecular weight excluding hydrogens is 348 g/mol. The van der Waals surface area contributed by atoms with E-state index in [4.69, 9.17) is 0 Å². The average molecular weight is 365 g/mol. The number of nitrogens with zero attached hydrogens (tertiary/aromatic N) is 1. The number of rotatable bonds is 6. The Morgan fingerprint density at radius 1 is 1.13 bits per heavy atom. The Hall–Kier alpha value is -1.70. The molecule has 7 heteroatoms. The number of aromatic nitrogens is 1. The van der Waals surface area contributed by atoms with Crippen molar-refractivity contribution in [1.29, 1.82) is 0 Å². The van der Waals surface area contributed by atoms with Gasteiger partial charge in [-0.05, 0) is 30.0 Å². The van der Waals surface area contributed by atoms with E-state index in [0.29, 0.717) is 4.90 Å². The number of nitrogens with one attached hydrogen (secondary N) is 1. The average Bonchev–Trinajstić information content (AvgIpc) is 3.18. The molecule has 0 amide bonds. The Morgan fingerprint density at radius 3 is 2.57 bits per heavy atom. The van der Waals surface area contributed by atoms with Crippen LogP contribution in [0.2, 0.25) is 0 Å². The number of sulfone groups is 1. The van der Waals surface area contributed by atoms with Crippen LogP contribution in [0, 0.1) is 0 Å². The van der Waals surface area contributed by atoms with Gasteiger partial charge in [0.1, 0.15) is 0 Å². The fraction of sp³-hybridized carbons (Fsp3) is 0.188. The van der Waals surface area contributed by atoms with Crippen LogP contribution in [0.5, 0.6) is 0 Å². The zero-order chi connectivity index (χ0) is 16.3. The van der Waals surface area contributed by atoms with Crippen LogP contribution >= 0.6 is 22.7 Å². The minimum Gasteiger partial charge on any atom is -0.361 e. The standard InChI is InChI=1S/C16H16N2O2S3/c1-23(19,20)14-6-4-12(5-7-14)15-11-22-16(18-15)17-9-8-13-3-2-10-21-13/h2-7,10-11H,8-9H2,1H3,(H,17,18). The van der Waals surface area contributed by atoms with Crippen LogP contribution in [0.1, 0.15) is 4.88 Å². The molecule has 0 spiro atoms. The van der Waals surface area contributed by atoms with Gasteiger partial charge in [0.15, 0.2) is 15.0 Å². The number of hydrogen-bond donors (Lipinski definition) is 1. The van der Waals surface area contributed by atoms with E-state index in [1.54, 1.807) is 46.9 Å². The van der Waals surface area contributed by atoms with Gasteiger partial charge in [0.05, 0.1) is 10.6 Å². The molecule has 0 aliphatic carbocycles. The molecule has 2 heterocycles. The molecule has 0 bridgehead atoms. The SMILES string of the molecule is CS(=O)(=O)c1ccc(-c2csc(NCCc3cccs3)n2)cc1. The second kappa shape index (κ2) is 6.82. The highest BCUT2D eigenvalue weighted by atomic mass is 32.2. The lowest BCUT2D eigenvalue weighted by molar-refractivity contribution is 0.602. The second-order valence-electron chi connectivity index (χ2n) is 5.09.